The molecule has 9 heteroatoms. The van der Waals surface area contributed by atoms with Gasteiger partial charge in [0.25, 0.3) is 5.91 Å². The Hall–Kier alpha value is -5.18. The fraction of sp³-hybridized carbons (Fsp3) is 0.237. The summed E-state index contributed by atoms with van der Waals surface area (Å²) in [6, 6.07) is 30.8. The van der Waals surface area contributed by atoms with Gasteiger partial charge in [-0.1, -0.05) is 84.9 Å². The van der Waals surface area contributed by atoms with Crippen molar-refractivity contribution in [2.75, 3.05) is 6.61 Å². The number of esters is 1. The van der Waals surface area contributed by atoms with Crippen molar-refractivity contribution in [3.63, 3.8) is 0 Å². The summed E-state index contributed by atoms with van der Waals surface area (Å²) in [5.41, 5.74) is 3.29. The van der Waals surface area contributed by atoms with Crippen molar-refractivity contribution in [3.8, 4) is 0 Å². The third-order valence-electron chi connectivity index (χ3n) is 8.28. The van der Waals surface area contributed by atoms with E-state index >= 15 is 0 Å². The summed E-state index contributed by atoms with van der Waals surface area (Å²) in [4.78, 5) is 41.7. The fourth-order valence-electron chi connectivity index (χ4n) is 5.89. The van der Waals surface area contributed by atoms with Crippen LogP contribution in [0.1, 0.15) is 70.4 Å². The topological polar surface area (TPSA) is 75.7 Å². The van der Waals surface area contributed by atoms with E-state index in [1.165, 1.54) is 17.0 Å². The Morgan fingerprint density at radius 3 is 2.17 bits per heavy atom. The zero-order valence-corrected chi connectivity index (χ0v) is 26.1. The van der Waals surface area contributed by atoms with Crippen LogP contribution in [0.3, 0.4) is 0 Å². The highest BCUT2D eigenvalue weighted by Crippen LogP contribution is 2.39. The number of nitrogens with zero attached hydrogens (tertiary/aromatic N) is 1. The van der Waals surface area contributed by atoms with Gasteiger partial charge >= 0.3 is 12.1 Å². The van der Waals surface area contributed by atoms with Crippen LogP contribution in [-0.2, 0) is 33.5 Å². The maximum Gasteiger partial charge on any atom is 0.416 e. The highest BCUT2D eigenvalue weighted by atomic mass is 19.4. The number of carbonyl (C=O) groups excluding carboxylic acids is 3. The van der Waals surface area contributed by atoms with Crippen LogP contribution in [0.25, 0.3) is 0 Å². The van der Waals surface area contributed by atoms with E-state index in [9.17, 15) is 27.6 Å². The van der Waals surface area contributed by atoms with Crippen LogP contribution in [0.2, 0.25) is 0 Å². The molecule has 47 heavy (non-hydrogen) atoms. The second-order valence-electron chi connectivity index (χ2n) is 11.4. The smallest absolute Gasteiger partial charge is 0.416 e. The summed E-state index contributed by atoms with van der Waals surface area (Å²) in [5, 5.41) is 3.16. The van der Waals surface area contributed by atoms with Gasteiger partial charge in [0.15, 0.2) is 0 Å². The zero-order chi connectivity index (χ0) is 33.6. The molecule has 0 radical (unpaired) electrons. The second kappa shape index (κ2) is 14.5. The molecule has 0 aliphatic carbocycles. The second-order valence-corrected chi connectivity index (χ2v) is 11.4. The molecule has 5 rings (SSSR count). The maximum atomic E-state index is 13.6. The molecule has 242 valence electrons. The normalized spacial score (nSPS) is 15.7. The number of rotatable bonds is 10. The Bertz CT molecular complexity index is 1750. The molecule has 1 aliphatic heterocycles. The molecule has 0 bridgehead atoms. The van der Waals surface area contributed by atoms with E-state index in [0.717, 1.165) is 23.3 Å². The summed E-state index contributed by atoms with van der Waals surface area (Å²) < 4.78 is 44.9. The van der Waals surface area contributed by atoms with Crippen LogP contribution in [-0.4, -0.2) is 29.3 Å². The van der Waals surface area contributed by atoms with Crippen LogP contribution in [0.5, 0.6) is 0 Å². The Morgan fingerprint density at radius 1 is 0.894 bits per heavy atom. The van der Waals surface area contributed by atoms with Crippen molar-refractivity contribution in [2.24, 2.45) is 0 Å². The van der Waals surface area contributed by atoms with E-state index in [-0.39, 0.29) is 43.0 Å². The molecule has 6 nitrogen and oxygen atoms in total. The van der Waals surface area contributed by atoms with E-state index in [2.05, 4.69) is 5.32 Å². The van der Waals surface area contributed by atoms with E-state index in [4.69, 9.17) is 4.74 Å². The van der Waals surface area contributed by atoms with Crippen molar-refractivity contribution in [2.45, 2.75) is 51.4 Å². The number of hydrogen-bond acceptors (Lipinski definition) is 4. The Kier molecular flexibility index (Phi) is 10.2. The SMILES string of the molecule is CCOC(=O)C1=C(C)N(Cc2cccc(C(=O)NC(Cc3ccccc3)c3ccccc3)c2)C(=O)CC1c1ccc(C(F)(F)F)cc1. The average Bonchev–Trinajstić information content (AvgIpc) is 3.07. The molecule has 4 aromatic carbocycles. The predicted octanol–water partition coefficient (Wildman–Crippen LogP) is 7.77. The van der Waals surface area contributed by atoms with Gasteiger partial charge in [0.1, 0.15) is 0 Å². The summed E-state index contributed by atoms with van der Waals surface area (Å²) in [5.74, 6) is -1.98. The molecule has 1 aliphatic rings. The molecule has 1 N–H and O–H groups in total. The van der Waals surface area contributed by atoms with E-state index in [1.54, 1.807) is 38.1 Å². The van der Waals surface area contributed by atoms with Gasteiger partial charge in [0, 0.05) is 23.6 Å². The van der Waals surface area contributed by atoms with E-state index in [1.807, 2.05) is 60.7 Å². The minimum atomic E-state index is -4.51. The van der Waals surface area contributed by atoms with Crippen molar-refractivity contribution in [1.29, 1.82) is 0 Å². The van der Waals surface area contributed by atoms with Crippen LogP contribution in [0.4, 0.5) is 13.2 Å². The van der Waals surface area contributed by atoms with Crippen molar-refractivity contribution in [3.05, 3.63) is 154 Å². The standard InChI is InChI=1S/C38H35F3N2O4/c1-3-47-37(46)35-25(2)43(34(44)23-32(35)28-17-19-31(20-18-28)38(39,40)41)24-27-13-10-16-30(21-27)36(45)42-33(29-14-8-5-9-15-29)22-26-11-6-4-7-12-26/h4-21,32-33H,3,22-24H2,1-2H3,(H,42,45). The third-order valence-corrected chi connectivity index (χ3v) is 8.28. The summed E-state index contributed by atoms with van der Waals surface area (Å²) in [6.45, 7) is 3.46. The fourth-order valence-corrected chi connectivity index (χ4v) is 5.89. The number of carbonyl (C=O) groups is 3. The maximum absolute atomic E-state index is 13.6. The average molecular weight is 641 g/mol. The van der Waals surface area contributed by atoms with Crippen molar-refractivity contribution < 1.29 is 32.3 Å². The molecular weight excluding hydrogens is 605 g/mol. The highest BCUT2D eigenvalue weighted by molar-refractivity contribution is 5.96. The lowest BCUT2D eigenvalue weighted by atomic mass is 9.83. The van der Waals surface area contributed by atoms with Gasteiger partial charge in [-0.25, -0.2) is 4.79 Å². The molecule has 2 atom stereocenters. The Morgan fingerprint density at radius 2 is 1.53 bits per heavy atom. The molecule has 2 unspecified atom stereocenters. The first-order chi connectivity index (χ1) is 22.5. The van der Waals surface area contributed by atoms with E-state index < -0.39 is 23.6 Å². The lowest BCUT2D eigenvalue weighted by molar-refractivity contribution is -0.140. The molecule has 2 amide bonds. The monoisotopic (exact) mass is 640 g/mol. The first-order valence-electron chi connectivity index (χ1n) is 15.4. The van der Waals surface area contributed by atoms with Gasteiger partial charge in [0.2, 0.25) is 5.91 Å². The van der Waals surface area contributed by atoms with Gasteiger partial charge in [0.05, 0.1) is 30.3 Å². The minimum Gasteiger partial charge on any atom is -0.463 e. The molecular formula is C38H35F3N2O4. The summed E-state index contributed by atoms with van der Waals surface area (Å²) in [6.07, 6.45) is -4.04. The van der Waals surface area contributed by atoms with Gasteiger partial charge in [-0.05, 0) is 66.8 Å². The van der Waals surface area contributed by atoms with Gasteiger partial charge in [-0.2, -0.15) is 13.2 Å². The largest absolute Gasteiger partial charge is 0.463 e. The first kappa shape index (κ1) is 33.2. The number of nitrogens with one attached hydrogen (secondary N) is 1. The van der Waals surface area contributed by atoms with Gasteiger partial charge in [-0.3, -0.25) is 9.59 Å². The lowest BCUT2D eigenvalue weighted by Gasteiger charge is -2.34. The summed E-state index contributed by atoms with van der Waals surface area (Å²) in [7, 11) is 0. The third kappa shape index (κ3) is 7.98. The number of ether oxygens (including phenoxy) is 1. The van der Waals surface area contributed by atoms with Crippen molar-refractivity contribution in [1.82, 2.24) is 10.2 Å². The van der Waals surface area contributed by atoms with Crippen molar-refractivity contribution >= 4 is 17.8 Å². The lowest BCUT2D eigenvalue weighted by Crippen LogP contribution is -2.38. The number of alkyl halides is 3. The molecule has 0 fully saturated rings. The highest BCUT2D eigenvalue weighted by Gasteiger charge is 2.38. The quantitative estimate of drug-likeness (QED) is 0.180. The van der Waals surface area contributed by atoms with Crippen LogP contribution < -0.4 is 5.32 Å². The number of halogens is 3. The number of allylic oxidation sites excluding steroid dienone is 1. The molecule has 4 aromatic rings. The number of benzene rings is 4. The minimum absolute atomic E-state index is 0.0839. The van der Waals surface area contributed by atoms with E-state index in [0.29, 0.717) is 28.8 Å². The molecule has 1 heterocycles. The molecule has 0 saturated carbocycles. The Labute approximate surface area is 271 Å². The van der Waals surface area contributed by atoms with Gasteiger partial charge < -0.3 is 15.0 Å². The van der Waals surface area contributed by atoms with Crippen LogP contribution in [0.15, 0.2) is 120 Å². The number of hydrogen-bond donors (Lipinski definition) is 1. The van der Waals surface area contributed by atoms with Gasteiger partial charge in [-0.15, -0.1) is 0 Å². The molecule has 0 spiro atoms. The Balaban J connectivity index is 1.39. The van der Waals surface area contributed by atoms with Crippen LogP contribution >= 0.6 is 0 Å². The zero-order valence-electron chi connectivity index (χ0n) is 26.1. The molecule has 0 aromatic heterocycles. The molecule has 0 saturated heterocycles. The number of amides is 2. The summed E-state index contributed by atoms with van der Waals surface area (Å²) >= 11 is 0. The van der Waals surface area contributed by atoms with Crippen LogP contribution in [0, 0.1) is 0 Å². The first-order valence-corrected chi connectivity index (χ1v) is 15.4. The predicted molar refractivity (Wildman–Crippen MR) is 172 cm³/mol.